The summed E-state index contributed by atoms with van der Waals surface area (Å²) in [5.74, 6) is 0. The second-order valence-corrected chi connectivity index (χ2v) is 3.57. The molecule has 0 bridgehead atoms. The minimum atomic E-state index is 0.629. The molecule has 1 aromatic heterocycles. The van der Waals surface area contributed by atoms with Crippen LogP contribution in [0.15, 0.2) is 18.2 Å². The van der Waals surface area contributed by atoms with Gasteiger partial charge >= 0.3 is 0 Å². The first-order valence-electron chi connectivity index (χ1n) is 4.87. The SMILES string of the molecule is Cc1cccc2c1c(C)nn2CCN. The number of nitrogens with two attached hydrogens (primary N) is 1. The number of aromatic nitrogens is 2. The molecule has 0 unspecified atom stereocenters. The predicted molar refractivity (Wildman–Crippen MR) is 58.3 cm³/mol. The average molecular weight is 189 g/mol. The number of hydrogen-bond acceptors (Lipinski definition) is 2. The van der Waals surface area contributed by atoms with Crippen molar-refractivity contribution in [1.82, 2.24) is 9.78 Å². The quantitative estimate of drug-likeness (QED) is 0.780. The van der Waals surface area contributed by atoms with Gasteiger partial charge in [-0.25, -0.2) is 0 Å². The fraction of sp³-hybridized carbons (Fsp3) is 0.364. The Morgan fingerprint density at radius 1 is 1.36 bits per heavy atom. The fourth-order valence-electron chi connectivity index (χ4n) is 1.92. The maximum absolute atomic E-state index is 5.54. The van der Waals surface area contributed by atoms with Crippen molar-refractivity contribution in [1.29, 1.82) is 0 Å². The van der Waals surface area contributed by atoms with Crippen LogP contribution in [0.4, 0.5) is 0 Å². The van der Waals surface area contributed by atoms with E-state index in [1.54, 1.807) is 0 Å². The molecule has 0 saturated heterocycles. The highest BCUT2D eigenvalue weighted by molar-refractivity contribution is 5.85. The fourth-order valence-corrected chi connectivity index (χ4v) is 1.92. The molecule has 0 aliphatic carbocycles. The molecule has 0 amide bonds. The smallest absolute Gasteiger partial charge is 0.0688 e. The summed E-state index contributed by atoms with van der Waals surface area (Å²) >= 11 is 0. The van der Waals surface area contributed by atoms with Gasteiger partial charge in [0.25, 0.3) is 0 Å². The van der Waals surface area contributed by atoms with Crippen LogP contribution < -0.4 is 5.73 Å². The molecule has 0 radical (unpaired) electrons. The minimum absolute atomic E-state index is 0.629. The van der Waals surface area contributed by atoms with E-state index in [1.807, 2.05) is 11.6 Å². The Balaban J connectivity index is 2.71. The summed E-state index contributed by atoms with van der Waals surface area (Å²) in [6.45, 7) is 5.57. The molecule has 0 atom stereocenters. The third-order valence-corrected chi connectivity index (χ3v) is 2.50. The van der Waals surface area contributed by atoms with Crippen molar-refractivity contribution in [2.45, 2.75) is 20.4 Å². The van der Waals surface area contributed by atoms with Crippen LogP contribution in [-0.2, 0) is 6.54 Å². The predicted octanol–water partition coefficient (Wildman–Crippen LogP) is 1.61. The van der Waals surface area contributed by atoms with Gasteiger partial charge in [0.2, 0.25) is 0 Å². The molecule has 3 heteroatoms. The van der Waals surface area contributed by atoms with Crippen molar-refractivity contribution in [3.05, 3.63) is 29.5 Å². The van der Waals surface area contributed by atoms with Crippen molar-refractivity contribution >= 4 is 10.9 Å². The summed E-state index contributed by atoms with van der Waals surface area (Å²) in [6.07, 6.45) is 0. The molecular weight excluding hydrogens is 174 g/mol. The molecule has 0 fully saturated rings. The molecule has 2 aromatic rings. The summed E-state index contributed by atoms with van der Waals surface area (Å²) in [7, 11) is 0. The minimum Gasteiger partial charge on any atom is -0.329 e. The van der Waals surface area contributed by atoms with Crippen molar-refractivity contribution in [2.75, 3.05) is 6.54 Å². The Hall–Kier alpha value is -1.35. The van der Waals surface area contributed by atoms with Gasteiger partial charge in [-0.15, -0.1) is 0 Å². The van der Waals surface area contributed by atoms with Crippen LogP contribution in [0, 0.1) is 13.8 Å². The van der Waals surface area contributed by atoms with E-state index in [0.717, 1.165) is 12.2 Å². The number of fused-ring (bicyclic) bond motifs is 1. The molecule has 0 saturated carbocycles. The van der Waals surface area contributed by atoms with Gasteiger partial charge in [0.05, 0.1) is 17.8 Å². The highest BCUT2D eigenvalue weighted by Gasteiger charge is 2.07. The van der Waals surface area contributed by atoms with Crippen LogP contribution in [0.5, 0.6) is 0 Å². The molecular formula is C11H15N3. The van der Waals surface area contributed by atoms with Gasteiger partial charge in [-0.3, -0.25) is 4.68 Å². The number of aryl methyl sites for hydroxylation is 2. The maximum Gasteiger partial charge on any atom is 0.0688 e. The van der Waals surface area contributed by atoms with Crippen LogP contribution in [0.2, 0.25) is 0 Å². The summed E-state index contributed by atoms with van der Waals surface area (Å²) < 4.78 is 1.98. The second kappa shape index (κ2) is 3.42. The third kappa shape index (κ3) is 1.30. The van der Waals surface area contributed by atoms with E-state index >= 15 is 0 Å². The lowest BCUT2D eigenvalue weighted by Gasteiger charge is -2.00. The molecule has 3 nitrogen and oxygen atoms in total. The largest absolute Gasteiger partial charge is 0.329 e. The zero-order valence-electron chi connectivity index (χ0n) is 8.62. The van der Waals surface area contributed by atoms with Crippen LogP contribution in [0.3, 0.4) is 0 Å². The highest BCUT2D eigenvalue weighted by Crippen LogP contribution is 2.21. The zero-order chi connectivity index (χ0) is 10.1. The van der Waals surface area contributed by atoms with Gasteiger partial charge < -0.3 is 5.73 Å². The summed E-state index contributed by atoms with van der Waals surface area (Å²) in [4.78, 5) is 0. The van der Waals surface area contributed by atoms with Crippen molar-refractivity contribution in [3.63, 3.8) is 0 Å². The standard InChI is InChI=1S/C11H15N3/c1-8-4-3-5-10-11(8)9(2)13-14(10)7-6-12/h3-5H,6-7,12H2,1-2H3. The van der Waals surface area contributed by atoms with E-state index in [1.165, 1.54) is 16.5 Å². The lowest BCUT2D eigenvalue weighted by atomic mass is 10.1. The first-order valence-corrected chi connectivity index (χ1v) is 4.87. The van der Waals surface area contributed by atoms with E-state index in [0.29, 0.717) is 6.54 Å². The molecule has 74 valence electrons. The first kappa shape index (κ1) is 9.21. The Morgan fingerprint density at radius 2 is 2.14 bits per heavy atom. The summed E-state index contributed by atoms with van der Waals surface area (Å²) in [5, 5.41) is 5.74. The van der Waals surface area contributed by atoms with Gasteiger partial charge in [-0.2, -0.15) is 5.10 Å². The zero-order valence-corrected chi connectivity index (χ0v) is 8.62. The number of nitrogens with zero attached hydrogens (tertiary/aromatic N) is 2. The van der Waals surface area contributed by atoms with Gasteiger partial charge in [0.15, 0.2) is 0 Å². The molecule has 0 spiro atoms. The van der Waals surface area contributed by atoms with Crippen molar-refractivity contribution < 1.29 is 0 Å². The molecule has 2 N–H and O–H groups in total. The lowest BCUT2D eigenvalue weighted by molar-refractivity contribution is 0.640. The monoisotopic (exact) mass is 189 g/mol. The molecule has 0 aliphatic heterocycles. The second-order valence-electron chi connectivity index (χ2n) is 3.57. The van der Waals surface area contributed by atoms with E-state index in [2.05, 4.69) is 30.2 Å². The normalized spacial score (nSPS) is 11.1. The topological polar surface area (TPSA) is 43.8 Å². The van der Waals surface area contributed by atoms with E-state index in [9.17, 15) is 0 Å². The van der Waals surface area contributed by atoms with Gasteiger partial charge in [-0.1, -0.05) is 12.1 Å². The third-order valence-electron chi connectivity index (χ3n) is 2.50. The summed E-state index contributed by atoms with van der Waals surface area (Å²) in [5.41, 5.74) is 9.10. The Labute approximate surface area is 83.5 Å². The molecule has 1 heterocycles. The van der Waals surface area contributed by atoms with E-state index in [4.69, 9.17) is 5.73 Å². The Morgan fingerprint density at radius 3 is 2.86 bits per heavy atom. The first-order chi connectivity index (χ1) is 6.74. The Bertz CT molecular complexity index is 457. The highest BCUT2D eigenvalue weighted by atomic mass is 15.3. The van der Waals surface area contributed by atoms with Crippen molar-refractivity contribution in [2.24, 2.45) is 5.73 Å². The number of benzene rings is 1. The van der Waals surface area contributed by atoms with Gasteiger partial charge in [0, 0.05) is 11.9 Å². The molecule has 14 heavy (non-hydrogen) atoms. The maximum atomic E-state index is 5.54. The Kier molecular flexibility index (Phi) is 2.25. The van der Waals surface area contributed by atoms with Crippen LogP contribution in [0.1, 0.15) is 11.3 Å². The molecule has 0 aliphatic rings. The van der Waals surface area contributed by atoms with Gasteiger partial charge in [0.1, 0.15) is 0 Å². The van der Waals surface area contributed by atoms with Crippen LogP contribution in [0.25, 0.3) is 10.9 Å². The van der Waals surface area contributed by atoms with E-state index in [-0.39, 0.29) is 0 Å². The molecule has 1 aromatic carbocycles. The number of hydrogen-bond donors (Lipinski definition) is 1. The lowest BCUT2D eigenvalue weighted by Crippen LogP contribution is -2.10. The summed E-state index contributed by atoms with van der Waals surface area (Å²) in [6, 6.07) is 6.27. The van der Waals surface area contributed by atoms with E-state index < -0.39 is 0 Å². The van der Waals surface area contributed by atoms with Crippen LogP contribution >= 0.6 is 0 Å². The average Bonchev–Trinajstić information content (AvgIpc) is 2.46. The van der Waals surface area contributed by atoms with Gasteiger partial charge in [-0.05, 0) is 25.5 Å². The molecule has 2 rings (SSSR count). The van der Waals surface area contributed by atoms with Crippen molar-refractivity contribution in [3.8, 4) is 0 Å². The number of rotatable bonds is 2. The van der Waals surface area contributed by atoms with Crippen LogP contribution in [-0.4, -0.2) is 16.3 Å².